The van der Waals surface area contributed by atoms with Gasteiger partial charge in [-0.05, 0) is 19.5 Å². The summed E-state index contributed by atoms with van der Waals surface area (Å²) in [6.45, 7) is 4.78. The van der Waals surface area contributed by atoms with Crippen LogP contribution in [0.1, 0.15) is 13.3 Å². The van der Waals surface area contributed by atoms with Crippen molar-refractivity contribution in [3.05, 3.63) is 0 Å². The zero-order valence-electron chi connectivity index (χ0n) is 5.78. The van der Waals surface area contributed by atoms with Crippen LogP contribution in [0.2, 0.25) is 0 Å². The molecule has 0 aromatic heterocycles. The Balaban J connectivity index is 2.82. The zero-order valence-corrected chi connectivity index (χ0v) is 5.78. The van der Waals surface area contributed by atoms with E-state index in [2.05, 4.69) is 17.2 Å². The van der Waals surface area contributed by atoms with Crippen molar-refractivity contribution in [2.45, 2.75) is 13.3 Å². The van der Waals surface area contributed by atoms with Crippen LogP contribution < -0.4 is 5.32 Å². The van der Waals surface area contributed by atoms with Crippen molar-refractivity contribution >= 4 is 6.01 Å². The lowest BCUT2D eigenvalue weighted by Crippen LogP contribution is -2.14. The molecule has 2 N–H and O–H groups in total. The van der Waals surface area contributed by atoms with Gasteiger partial charge in [-0.3, -0.25) is 0 Å². The molecular formula is C6H13N3. The highest BCUT2D eigenvalue weighted by Crippen LogP contribution is 1.75. The molecule has 3 heteroatoms. The molecule has 0 unspecified atom stereocenters. The van der Waals surface area contributed by atoms with Crippen molar-refractivity contribution in [1.82, 2.24) is 5.32 Å². The van der Waals surface area contributed by atoms with E-state index in [0.717, 1.165) is 26.1 Å². The summed E-state index contributed by atoms with van der Waals surface area (Å²) in [7, 11) is 0. The third-order valence-electron chi connectivity index (χ3n) is 0.953. The quantitative estimate of drug-likeness (QED) is 0.415. The summed E-state index contributed by atoms with van der Waals surface area (Å²) < 4.78 is 0. The van der Waals surface area contributed by atoms with Gasteiger partial charge in [0.2, 0.25) is 0 Å². The molecule has 0 aromatic carbocycles. The number of nitrogens with one attached hydrogen (secondary N) is 2. The molecule has 0 saturated heterocycles. The first-order valence-corrected chi connectivity index (χ1v) is 3.20. The highest BCUT2D eigenvalue weighted by Gasteiger charge is 1.80. The largest absolute Gasteiger partial charge is 0.317 e. The van der Waals surface area contributed by atoms with Gasteiger partial charge in [0.25, 0.3) is 0 Å². The normalized spacial score (nSPS) is 8.56. The molecule has 0 aromatic rings. The third kappa shape index (κ3) is 7.34. The van der Waals surface area contributed by atoms with Crippen molar-refractivity contribution in [3.8, 4) is 0 Å². The molecule has 3 nitrogen and oxygen atoms in total. The number of aliphatic imine (C=N–C) groups is 1. The van der Waals surface area contributed by atoms with Gasteiger partial charge in [-0.1, -0.05) is 6.92 Å². The summed E-state index contributed by atoms with van der Waals surface area (Å²) in [6.07, 6.45) is 1.000. The van der Waals surface area contributed by atoms with Gasteiger partial charge >= 0.3 is 0 Å². The number of hydrogen-bond acceptors (Lipinski definition) is 3. The summed E-state index contributed by atoms with van der Waals surface area (Å²) in [5.74, 6) is 0. The van der Waals surface area contributed by atoms with Crippen LogP contribution in [-0.4, -0.2) is 25.6 Å². The molecule has 0 aliphatic rings. The van der Waals surface area contributed by atoms with E-state index in [1.165, 1.54) is 0 Å². The predicted octanol–water partition coefficient (Wildman–Crippen LogP) is 0.739. The molecule has 9 heavy (non-hydrogen) atoms. The van der Waals surface area contributed by atoms with Gasteiger partial charge in [0.1, 0.15) is 0 Å². The molecule has 0 heterocycles. The molecule has 0 aliphatic carbocycles. The summed E-state index contributed by atoms with van der Waals surface area (Å²) >= 11 is 0. The average Bonchev–Trinajstić information content (AvgIpc) is 1.89. The van der Waals surface area contributed by atoms with Crippen molar-refractivity contribution in [2.75, 3.05) is 19.6 Å². The van der Waals surface area contributed by atoms with Gasteiger partial charge in [-0.2, -0.15) is 0 Å². The van der Waals surface area contributed by atoms with Crippen LogP contribution in [-0.2, 0) is 0 Å². The van der Waals surface area contributed by atoms with Crippen LogP contribution in [0.25, 0.3) is 0 Å². The lowest BCUT2D eigenvalue weighted by molar-refractivity contribution is 0.680. The lowest BCUT2D eigenvalue weighted by Gasteiger charge is -1.95. The van der Waals surface area contributed by atoms with Gasteiger partial charge < -0.3 is 5.32 Å². The minimum absolute atomic E-state index is 0.719. The van der Waals surface area contributed by atoms with E-state index in [1.807, 2.05) is 6.01 Å². The maximum absolute atomic E-state index is 6.45. The lowest BCUT2D eigenvalue weighted by atomic mass is 10.4. The molecular weight excluding hydrogens is 114 g/mol. The van der Waals surface area contributed by atoms with E-state index in [-0.39, 0.29) is 0 Å². The number of nitrogens with zero attached hydrogens (tertiary/aromatic N) is 1. The molecule has 0 fully saturated rings. The van der Waals surface area contributed by atoms with Crippen molar-refractivity contribution in [3.63, 3.8) is 0 Å². The van der Waals surface area contributed by atoms with E-state index < -0.39 is 0 Å². The molecule has 0 saturated carbocycles. The van der Waals surface area contributed by atoms with E-state index in [4.69, 9.17) is 5.41 Å². The van der Waals surface area contributed by atoms with E-state index in [1.54, 1.807) is 0 Å². The molecule has 0 spiro atoms. The van der Waals surface area contributed by atoms with E-state index >= 15 is 0 Å². The van der Waals surface area contributed by atoms with Crippen LogP contribution in [0, 0.1) is 5.41 Å². The van der Waals surface area contributed by atoms with Crippen LogP contribution in [0.4, 0.5) is 0 Å². The summed E-state index contributed by atoms with van der Waals surface area (Å²) in [5.41, 5.74) is 0. The monoisotopic (exact) mass is 127 g/mol. The minimum atomic E-state index is 0.719. The fourth-order valence-corrected chi connectivity index (χ4v) is 0.516. The van der Waals surface area contributed by atoms with Gasteiger partial charge in [0, 0.05) is 0 Å². The Morgan fingerprint density at radius 3 is 3.00 bits per heavy atom. The zero-order chi connectivity index (χ0) is 6.95. The van der Waals surface area contributed by atoms with Gasteiger partial charge in [0.05, 0.1) is 12.6 Å². The second-order valence-corrected chi connectivity index (χ2v) is 1.70. The molecule has 52 valence electrons. The molecule has 0 atom stereocenters. The molecule has 0 rings (SSSR count). The van der Waals surface area contributed by atoms with Gasteiger partial charge in [-0.15, -0.1) is 0 Å². The van der Waals surface area contributed by atoms with Crippen LogP contribution >= 0.6 is 0 Å². The fourth-order valence-electron chi connectivity index (χ4n) is 0.516. The standard InChI is InChI=1S/C6H13N3/c1-2-8-4-3-5-9-6-7/h7-8H,2-5H2,1H3. The summed E-state index contributed by atoms with van der Waals surface area (Å²) in [4.78, 5) is 3.62. The summed E-state index contributed by atoms with van der Waals surface area (Å²) in [6, 6.07) is 1.99. The van der Waals surface area contributed by atoms with E-state index in [9.17, 15) is 0 Å². The Bertz CT molecular complexity index is 94.5. The SMILES string of the molecule is CCNCCCN=C=N. The van der Waals surface area contributed by atoms with Crippen molar-refractivity contribution in [2.24, 2.45) is 4.99 Å². The number of rotatable bonds is 5. The smallest absolute Gasteiger partial charge is 0.0861 e. The third-order valence-corrected chi connectivity index (χ3v) is 0.953. The van der Waals surface area contributed by atoms with Gasteiger partial charge in [0.15, 0.2) is 0 Å². The first-order chi connectivity index (χ1) is 4.41. The first kappa shape index (κ1) is 8.34. The Labute approximate surface area is 55.7 Å². The highest BCUT2D eigenvalue weighted by atomic mass is 14.8. The Morgan fingerprint density at radius 2 is 2.44 bits per heavy atom. The summed E-state index contributed by atoms with van der Waals surface area (Å²) in [5, 5.41) is 9.60. The van der Waals surface area contributed by atoms with Crippen LogP contribution in [0.15, 0.2) is 4.99 Å². The van der Waals surface area contributed by atoms with Crippen molar-refractivity contribution in [1.29, 1.82) is 5.41 Å². The molecule has 0 amide bonds. The second kappa shape index (κ2) is 7.34. The minimum Gasteiger partial charge on any atom is -0.317 e. The van der Waals surface area contributed by atoms with E-state index in [0.29, 0.717) is 0 Å². The first-order valence-electron chi connectivity index (χ1n) is 3.20. The molecule has 0 aliphatic heterocycles. The second-order valence-electron chi connectivity index (χ2n) is 1.70. The Morgan fingerprint density at radius 1 is 1.67 bits per heavy atom. The maximum atomic E-state index is 6.45. The highest BCUT2D eigenvalue weighted by molar-refractivity contribution is 5.35. The Hall–Kier alpha value is -0.660. The van der Waals surface area contributed by atoms with Crippen LogP contribution in [0.3, 0.4) is 0 Å². The average molecular weight is 127 g/mol. The number of hydrogen-bond donors (Lipinski definition) is 2. The topological polar surface area (TPSA) is 48.2 Å². The van der Waals surface area contributed by atoms with Crippen LogP contribution in [0.5, 0.6) is 0 Å². The maximum Gasteiger partial charge on any atom is 0.0861 e. The molecule has 0 radical (unpaired) electrons. The van der Waals surface area contributed by atoms with Gasteiger partial charge in [-0.25, -0.2) is 10.4 Å². The predicted molar refractivity (Wildman–Crippen MR) is 38.2 cm³/mol. The molecule has 0 bridgehead atoms. The Kier molecular flexibility index (Phi) is 6.80. The van der Waals surface area contributed by atoms with Crippen molar-refractivity contribution < 1.29 is 0 Å². The fraction of sp³-hybridized carbons (Fsp3) is 0.833.